The van der Waals surface area contributed by atoms with Crippen LogP contribution in [0.1, 0.15) is 55.6 Å². The summed E-state index contributed by atoms with van der Waals surface area (Å²) in [6.45, 7) is 12.3. The first-order chi connectivity index (χ1) is 8.49. The molecule has 102 valence electrons. The molecule has 1 heterocycles. The van der Waals surface area contributed by atoms with Crippen LogP contribution in [0.15, 0.2) is 0 Å². The van der Waals surface area contributed by atoms with Crippen molar-refractivity contribution in [1.29, 1.82) is 0 Å². The molecule has 0 spiro atoms. The van der Waals surface area contributed by atoms with Gasteiger partial charge >= 0.3 is 0 Å². The molecule has 1 aliphatic rings. The maximum atomic E-state index is 4.86. The fraction of sp³-hybridized carbons (Fsp3) is 0.800. The third-order valence-corrected chi connectivity index (χ3v) is 5.78. The van der Waals surface area contributed by atoms with Crippen LogP contribution in [-0.2, 0) is 5.54 Å². The van der Waals surface area contributed by atoms with Crippen LogP contribution in [0.2, 0.25) is 0 Å². The minimum absolute atomic E-state index is 0.130. The lowest BCUT2D eigenvalue weighted by Crippen LogP contribution is -2.50. The summed E-state index contributed by atoms with van der Waals surface area (Å²) in [6.07, 6.45) is 3.86. The molecule has 2 rings (SSSR count). The van der Waals surface area contributed by atoms with Gasteiger partial charge in [0, 0.05) is 4.88 Å². The summed E-state index contributed by atoms with van der Waals surface area (Å²) in [6, 6.07) is 0. The Morgan fingerprint density at radius 1 is 1.39 bits per heavy atom. The Kier molecular flexibility index (Phi) is 4.12. The summed E-state index contributed by atoms with van der Waals surface area (Å²) in [7, 11) is 0. The highest BCUT2D eigenvalue weighted by atomic mass is 32.1. The molecule has 0 aliphatic heterocycles. The number of aryl methyl sites for hydroxylation is 2. The minimum atomic E-state index is 0.130. The number of aromatic nitrogens is 1. The predicted molar refractivity (Wildman–Crippen MR) is 79.1 cm³/mol. The van der Waals surface area contributed by atoms with Gasteiger partial charge in [-0.25, -0.2) is 4.98 Å². The van der Waals surface area contributed by atoms with Gasteiger partial charge < -0.3 is 5.32 Å². The molecular weight excluding hydrogens is 240 g/mol. The van der Waals surface area contributed by atoms with Gasteiger partial charge in [0.15, 0.2) is 0 Å². The number of nitrogens with one attached hydrogen (secondary N) is 1. The quantitative estimate of drug-likeness (QED) is 0.893. The smallest absolute Gasteiger partial charge is 0.114 e. The van der Waals surface area contributed by atoms with E-state index in [0.29, 0.717) is 5.92 Å². The first-order valence-electron chi connectivity index (χ1n) is 7.19. The molecule has 0 radical (unpaired) electrons. The molecule has 1 fully saturated rings. The zero-order chi connectivity index (χ0) is 13.3. The average Bonchev–Trinajstić information content (AvgIpc) is 2.64. The normalized spacial score (nSPS) is 32.7. The Morgan fingerprint density at radius 2 is 2.11 bits per heavy atom. The molecule has 1 saturated carbocycles. The van der Waals surface area contributed by atoms with E-state index in [1.165, 1.54) is 34.8 Å². The lowest BCUT2D eigenvalue weighted by Gasteiger charge is -2.44. The molecule has 1 aliphatic carbocycles. The maximum absolute atomic E-state index is 4.86. The zero-order valence-electron chi connectivity index (χ0n) is 12.3. The topological polar surface area (TPSA) is 24.9 Å². The highest BCUT2D eigenvalue weighted by Crippen LogP contribution is 2.45. The van der Waals surface area contributed by atoms with Crippen molar-refractivity contribution in [2.24, 2.45) is 11.8 Å². The number of hydrogen-bond donors (Lipinski definition) is 1. The zero-order valence-corrected chi connectivity index (χ0v) is 13.2. The molecule has 18 heavy (non-hydrogen) atoms. The van der Waals surface area contributed by atoms with Crippen LogP contribution in [0.5, 0.6) is 0 Å². The van der Waals surface area contributed by atoms with E-state index in [1.807, 2.05) is 11.3 Å². The molecule has 0 saturated heterocycles. The number of thiazole rings is 1. The molecule has 3 unspecified atom stereocenters. The van der Waals surface area contributed by atoms with Crippen molar-refractivity contribution < 1.29 is 0 Å². The number of rotatable bonds is 3. The maximum Gasteiger partial charge on any atom is 0.114 e. The standard InChI is InChI=1S/C15H26N2S/c1-6-16-15(8-7-10(2)9-11(15)3)14-17-12(4)13(5)18-14/h10-11,16H,6-9H2,1-5H3. The Labute approximate surface area is 115 Å². The van der Waals surface area contributed by atoms with Crippen molar-refractivity contribution in [2.45, 2.75) is 59.4 Å². The largest absolute Gasteiger partial charge is 0.305 e. The molecule has 3 heteroatoms. The van der Waals surface area contributed by atoms with Gasteiger partial charge in [-0.15, -0.1) is 11.3 Å². The first kappa shape index (κ1) is 14.0. The van der Waals surface area contributed by atoms with Crippen LogP contribution in [0.4, 0.5) is 0 Å². The summed E-state index contributed by atoms with van der Waals surface area (Å²) in [5, 5.41) is 5.09. The van der Waals surface area contributed by atoms with Crippen LogP contribution in [0.25, 0.3) is 0 Å². The second kappa shape index (κ2) is 5.30. The van der Waals surface area contributed by atoms with Crippen molar-refractivity contribution in [2.75, 3.05) is 6.54 Å². The Bertz CT molecular complexity index is 393. The van der Waals surface area contributed by atoms with Gasteiger partial charge in [-0.1, -0.05) is 20.8 Å². The summed E-state index contributed by atoms with van der Waals surface area (Å²) >= 11 is 1.89. The van der Waals surface area contributed by atoms with Crippen molar-refractivity contribution in [1.82, 2.24) is 10.3 Å². The lowest BCUT2D eigenvalue weighted by atomic mass is 9.70. The van der Waals surface area contributed by atoms with E-state index < -0.39 is 0 Å². The second-order valence-corrected chi connectivity index (χ2v) is 7.15. The Morgan fingerprint density at radius 3 is 2.61 bits per heavy atom. The lowest BCUT2D eigenvalue weighted by molar-refractivity contribution is 0.123. The van der Waals surface area contributed by atoms with E-state index in [2.05, 4.69) is 39.9 Å². The molecule has 1 aromatic heterocycles. The van der Waals surface area contributed by atoms with Gasteiger partial charge in [0.1, 0.15) is 5.01 Å². The summed E-state index contributed by atoms with van der Waals surface area (Å²) < 4.78 is 0. The SMILES string of the molecule is CCNC1(c2nc(C)c(C)s2)CCC(C)CC1C. The van der Waals surface area contributed by atoms with E-state index in [9.17, 15) is 0 Å². The second-order valence-electron chi connectivity index (χ2n) is 5.94. The third kappa shape index (κ3) is 2.35. The van der Waals surface area contributed by atoms with Crippen molar-refractivity contribution in [3.63, 3.8) is 0 Å². The predicted octanol–water partition coefficient (Wildman–Crippen LogP) is 4.02. The molecule has 0 aromatic carbocycles. The van der Waals surface area contributed by atoms with E-state index in [1.54, 1.807) is 0 Å². The highest BCUT2D eigenvalue weighted by Gasteiger charge is 2.43. The van der Waals surface area contributed by atoms with Crippen molar-refractivity contribution in [3.05, 3.63) is 15.6 Å². The molecule has 1 aromatic rings. The van der Waals surface area contributed by atoms with Crippen molar-refractivity contribution in [3.8, 4) is 0 Å². The number of nitrogens with zero attached hydrogens (tertiary/aromatic N) is 1. The number of hydrogen-bond acceptors (Lipinski definition) is 3. The van der Waals surface area contributed by atoms with Gasteiger partial charge in [0.2, 0.25) is 0 Å². The average molecular weight is 266 g/mol. The summed E-state index contributed by atoms with van der Waals surface area (Å²) in [5.74, 6) is 1.53. The Balaban J connectivity index is 2.37. The van der Waals surface area contributed by atoms with Gasteiger partial charge in [0.25, 0.3) is 0 Å². The molecular formula is C15H26N2S. The van der Waals surface area contributed by atoms with Crippen LogP contribution >= 0.6 is 11.3 Å². The minimum Gasteiger partial charge on any atom is -0.305 e. The van der Waals surface area contributed by atoms with E-state index in [-0.39, 0.29) is 5.54 Å². The summed E-state index contributed by atoms with van der Waals surface area (Å²) in [4.78, 5) is 6.22. The van der Waals surface area contributed by atoms with E-state index in [0.717, 1.165) is 12.5 Å². The fourth-order valence-electron chi connectivity index (χ4n) is 3.28. The summed E-state index contributed by atoms with van der Waals surface area (Å²) in [5.41, 5.74) is 1.34. The van der Waals surface area contributed by atoms with Gasteiger partial charge in [0.05, 0.1) is 11.2 Å². The fourth-order valence-corrected chi connectivity index (χ4v) is 4.50. The van der Waals surface area contributed by atoms with Crippen LogP contribution in [-0.4, -0.2) is 11.5 Å². The molecule has 2 nitrogen and oxygen atoms in total. The van der Waals surface area contributed by atoms with Gasteiger partial charge in [-0.2, -0.15) is 0 Å². The van der Waals surface area contributed by atoms with Crippen LogP contribution < -0.4 is 5.32 Å². The molecule has 0 amide bonds. The van der Waals surface area contributed by atoms with Gasteiger partial charge in [-0.05, 0) is 51.5 Å². The first-order valence-corrected chi connectivity index (χ1v) is 8.00. The van der Waals surface area contributed by atoms with Crippen LogP contribution in [0.3, 0.4) is 0 Å². The van der Waals surface area contributed by atoms with E-state index in [4.69, 9.17) is 4.98 Å². The monoisotopic (exact) mass is 266 g/mol. The highest BCUT2D eigenvalue weighted by molar-refractivity contribution is 7.11. The third-order valence-electron chi connectivity index (χ3n) is 4.53. The molecule has 0 bridgehead atoms. The van der Waals surface area contributed by atoms with Gasteiger partial charge in [-0.3, -0.25) is 0 Å². The van der Waals surface area contributed by atoms with Crippen LogP contribution in [0, 0.1) is 25.7 Å². The van der Waals surface area contributed by atoms with E-state index >= 15 is 0 Å². The molecule has 3 atom stereocenters. The molecule has 1 N–H and O–H groups in total. The Hall–Kier alpha value is -0.410. The van der Waals surface area contributed by atoms with Crippen molar-refractivity contribution >= 4 is 11.3 Å².